The fraction of sp³-hybridized carbons (Fsp3) is 0.588. The Kier molecular flexibility index (Phi) is 5.91. The van der Waals surface area contributed by atoms with Gasteiger partial charge in [0.1, 0.15) is 5.60 Å². The van der Waals surface area contributed by atoms with Gasteiger partial charge < -0.3 is 15.0 Å². The van der Waals surface area contributed by atoms with E-state index in [-0.39, 0.29) is 6.04 Å². The number of benzene rings is 1. The fourth-order valence-corrected chi connectivity index (χ4v) is 3.15. The molecule has 25 heavy (non-hydrogen) atoms. The lowest BCUT2D eigenvalue weighted by Gasteiger charge is -2.35. The second kappa shape index (κ2) is 7.43. The summed E-state index contributed by atoms with van der Waals surface area (Å²) in [6.07, 6.45) is -3.27. The van der Waals surface area contributed by atoms with Gasteiger partial charge in [-0.1, -0.05) is 15.9 Å². The summed E-state index contributed by atoms with van der Waals surface area (Å²) in [4.78, 5) is 13.8. The third-order valence-corrected chi connectivity index (χ3v) is 4.13. The fourth-order valence-electron chi connectivity index (χ4n) is 2.66. The quantitative estimate of drug-likeness (QED) is 0.704. The van der Waals surface area contributed by atoms with Gasteiger partial charge in [0.2, 0.25) is 0 Å². The number of anilines is 1. The van der Waals surface area contributed by atoms with Crippen molar-refractivity contribution in [1.29, 1.82) is 0 Å². The van der Waals surface area contributed by atoms with Gasteiger partial charge in [0, 0.05) is 29.3 Å². The maximum Gasteiger partial charge on any atom is 0.416 e. The van der Waals surface area contributed by atoms with E-state index in [0.29, 0.717) is 23.2 Å². The summed E-state index contributed by atoms with van der Waals surface area (Å²) in [6, 6.07) is 3.59. The largest absolute Gasteiger partial charge is 0.444 e. The minimum absolute atomic E-state index is 0.128. The topological polar surface area (TPSA) is 41.6 Å². The molecule has 0 radical (unpaired) electrons. The van der Waals surface area contributed by atoms with E-state index in [1.54, 1.807) is 31.7 Å². The van der Waals surface area contributed by atoms with Crippen LogP contribution in [0.2, 0.25) is 0 Å². The van der Waals surface area contributed by atoms with Crippen molar-refractivity contribution in [2.24, 2.45) is 0 Å². The lowest BCUT2D eigenvalue weighted by Crippen LogP contribution is -2.47. The first-order chi connectivity index (χ1) is 11.4. The van der Waals surface area contributed by atoms with E-state index in [1.807, 2.05) is 0 Å². The summed E-state index contributed by atoms with van der Waals surface area (Å²) in [5.74, 6) is 0. The Bertz CT molecular complexity index is 629. The maximum absolute atomic E-state index is 12.9. The molecule has 0 saturated carbocycles. The average Bonchev–Trinajstić information content (AvgIpc) is 2.44. The zero-order valence-electron chi connectivity index (χ0n) is 14.4. The van der Waals surface area contributed by atoms with Crippen molar-refractivity contribution in [1.82, 2.24) is 4.90 Å². The number of alkyl halides is 3. The molecule has 0 aromatic heterocycles. The first-order valence-corrected chi connectivity index (χ1v) is 8.85. The molecule has 1 aromatic carbocycles. The van der Waals surface area contributed by atoms with E-state index in [0.717, 1.165) is 25.0 Å². The van der Waals surface area contributed by atoms with Gasteiger partial charge in [-0.15, -0.1) is 0 Å². The standard InChI is InChI=1S/C17H22BrF3N2O2/c1-16(2,3)25-15(24)23-6-4-5-13(10-23)22-14-8-11(17(19,20)21)7-12(18)9-14/h7-9,13,22H,4-6,10H2,1-3H3. The molecule has 0 spiro atoms. The van der Waals surface area contributed by atoms with Crippen LogP contribution >= 0.6 is 15.9 Å². The summed E-state index contributed by atoms with van der Waals surface area (Å²) in [6.45, 7) is 6.36. The predicted octanol–water partition coefficient (Wildman–Crippen LogP) is 5.28. The van der Waals surface area contributed by atoms with E-state index in [2.05, 4.69) is 21.2 Å². The number of hydrogen-bond donors (Lipinski definition) is 1. The molecule has 2 rings (SSSR count). The number of amides is 1. The van der Waals surface area contributed by atoms with Crippen molar-refractivity contribution >= 4 is 27.7 Å². The summed E-state index contributed by atoms with van der Waals surface area (Å²) < 4.78 is 44.5. The number of piperidine rings is 1. The maximum atomic E-state index is 12.9. The van der Waals surface area contributed by atoms with Crippen LogP contribution in [0.15, 0.2) is 22.7 Å². The molecule has 1 aliphatic rings. The van der Waals surface area contributed by atoms with Gasteiger partial charge in [0.05, 0.1) is 5.56 Å². The van der Waals surface area contributed by atoms with Crippen molar-refractivity contribution < 1.29 is 22.7 Å². The zero-order valence-corrected chi connectivity index (χ0v) is 16.0. The molecule has 1 atom stereocenters. The molecule has 140 valence electrons. The lowest BCUT2D eigenvalue weighted by molar-refractivity contribution is -0.137. The third-order valence-electron chi connectivity index (χ3n) is 3.67. The van der Waals surface area contributed by atoms with Gasteiger partial charge in [0.15, 0.2) is 0 Å². The average molecular weight is 423 g/mol. The van der Waals surface area contributed by atoms with Crippen molar-refractivity contribution in [2.45, 2.75) is 51.4 Å². The molecule has 1 fully saturated rings. The van der Waals surface area contributed by atoms with Crippen LogP contribution in [-0.2, 0) is 10.9 Å². The third kappa shape index (κ3) is 6.09. The van der Waals surface area contributed by atoms with Crippen LogP contribution in [0, 0.1) is 0 Å². The van der Waals surface area contributed by atoms with Crippen molar-refractivity contribution in [2.75, 3.05) is 18.4 Å². The number of halogens is 4. The van der Waals surface area contributed by atoms with E-state index in [1.165, 1.54) is 0 Å². The van der Waals surface area contributed by atoms with E-state index >= 15 is 0 Å². The molecule has 0 bridgehead atoms. The normalized spacial score (nSPS) is 18.8. The molecule has 1 saturated heterocycles. The molecule has 1 unspecified atom stereocenters. The molecule has 1 aliphatic heterocycles. The summed E-state index contributed by atoms with van der Waals surface area (Å²) in [5.41, 5.74) is -0.925. The number of ether oxygens (including phenoxy) is 1. The first-order valence-electron chi connectivity index (χ1n) is 8.06. The Morgan fingerprint density at radius 1 is 1.28 bits per heavy atom. The molecular formula is C17H22BrF3N2O2. The van der Waals surface area contributed by atoms with Crippen LogP contribution < -0.4 is 5.32 Å². The zero-order chi connectivity index (χ0) is 18.8. The Balaban J connectivity index is 2.05. The van der Waals surface area contributed by atoms with E-state index in [9.17, 15) is 18.0 Å². The first kappa shape index (κ1) is 19.9. The van der Waals surface area contributed by atoms with Crippen molar-refractivity contribution in [3.63, 3.8) is 0 Å². The molecular weight excluding hydrogens is 401 g/mol. The van der Waals surface area contributed by atoms with Crippen LogP contribution in [0.25, 0.3) is 0 Å². The second-order valence-corrected chi connectivity index (χ2v) is 8.05. The highest BCUT2D eigenvalue weighted by Gasteiger charge is 2.32. The highest BCUT2D eigenvalue weighted by atomic mass is 79.9. The number of carbonyl (C=O) groups excluding carboxylic acids is 1. The molecule has 0 aliphatic carbocycles. The number of likely N-dealkylation sites (tertiary alicyclic amines) is 1. The minimum atomic E-state index is -4.41. The number of carbonyl (C=O) groups is 1. The summed E-state index contributed by atoms with van der Waals surface area (Å²) in [7, 11) is 0. The molecule has 8 heteroatoms. The van der Waals surface area contributed by atoms with Gasteiger partial charge >= 0.3 is 12.3 Å². The Morgan fingerprint density at radius 2 is 1.96 bits per heavy atom. The molecule has 1 amide bonds. The predicted molar refractivity (Wildman–Crippen MR) is 93.6 cm³/mol. The summed E-state index contributed by atoms with van der Waals surface area (Å²) >= 11 is 3.11. The summed E-state index contributed by atoms with van der Waals surface area (Å²) in [5, 5.41) is 3.10. The van der Waals surface area contributed by atoms with E-state index in [4.69, 9.17) is 4.74 Å². The highest BCUT2D eigenvalue weighted by molar-refractivity contribution is 9.10. The van der Waals surface area contributed by atoms with Gasteiger partial charge in [-0.05, 0) is 51.8 Å². The Hall–Kier alpha value is -1.44. The van der Waals surface area contributed by atoms with Gasteiger partial charge in [-0.25, -0.2) is 4.79 Å². The van der Waals surface area contributed by atoms with E-state index < -0.39 is 23.4 Å². The molecule has 1 aromatic rings. The van der Waals surface area contributed by atoms with Crippen molar-refractivity contribution in [3.8, 4) is 0 Å². The van der Waals surface area contributed by atoms with Crippen LogP contribution in [0.1, 0.15) is 39.2 Å². The van der Waals surface area contributed by atoms with Crippen molar-refractivity contribution in [3.05, 3.63) is 28.2 Å². The SMILES string of the molecule is CC(C)(C)OC(=O)N1CCCC(Nc2cc(Br)cc(C(F)(F)F)c2)C1. The molecule has 1 N–H and O–H groups in total. The number of hydrogen-bond acceptors (Lipinski definition) is 3. The monoisotopic (exact) mass is 422 g/mol. The minimum Gasteiger partial charge on any atom is -0.444 e. The second-order valence-electron chi connectivity index (χ2n) is 7.14. The lowest BCUT2D eigenvalue weighted by atomic mass is 10.1. The highest BCUT2D eigenvalue weighted by Crippen LogP contribution is 2.34. The van der Waals surface area contributed by atoms with Crippen LogP contribution in [0.4, 0.5) is 23.7 Å². The smallest absolute Gasteiger partial charge is 0.416 e. The van der Waals surface area contributed by atoms with Gasteiger partial charge in [0.25, 0.3) is 0 Å². The number of nitrogens with one attached hydrogen (secondary N) is 1. The Morgan fingerprint density at radius 3 is 2.56 bits per heavy atom. The molecule has 4 nitrogen and oxygen atoms in total. The van der Waals surface area contributed by atoms with Crippen LogP contribution in [0.5, 0.6) is 0 Å². The van der Waals surface area contributed by atoms with Gasteiger partial charge in [-0.3, -0.25) is 0 Å². The Labute approximate surface area is 153 Å². The van der Waals surface area contributed by atoms with Crippen LogP contribution in [0.3, 0.4) is 0 Å². The number of nitrogens with zero attached hydrogens (tertiary/aromatic N) is 1. The molecule has 1 heterocycles. The van der Waals surface area contributed by atoms with Gasteiger partial charge in [-0.2, -0.15) is 13.2 Å². The number of rotatable bonds is 2. The van der Waals surface area contributed by atoms with Crippen LogP contribution in [-0.4, -0.2) is 35.7 Å².